The average Bonchev–Trinajstić information content (AvgIpc) is 3.17. The molecular formula is C21H27N3O3. The van der Waals surface area contributed by atoms with Gasteiger partial charge in [-0.3, -0.25) is 14.5 Å². The van der Waals surface area contributed by atoms with Crippen LogP contribution >= 0.6 is 0 Å². The highest BCUT2D eigenvalue weighted by Gasteiger charge is 2.23. The third-order valence-electron chi connectivity index (χ3n) is 4.99. The molecule has 27 heavy (non-hydrogen) atoms. The summed E-state index contributed by atoms with van der Waals surface area (Å²) < 4.78 is 5.18. The third kappa shape index (κ3) is 4.77. The van der Waals surface area contributed by atoms with Gasteiger partial charge in [0.25, 0.3) is 5.91 Å². The van der Waals surface area contributed by atoms with Gasteiger partial charge in [-0.15, -0.1) is 0 Å². The number of amides is 2. The van der Waals surface area contributed by atoms with Crippen molar-refractivity contribution >= 4 is 17.5 Å². The van der Waals surface area contributed by atoms with Gasteiger partial charge in [-0.2, -0.15) is 0 Å². The van der Waals surface area contributed by atoms with Crippen LogP contribution in [0.2, 0.25) is 0 Å². The van der Waals surface area contributed by atoms with Crippen molar-refractivity contribution in [1.29, 1.82) is 0 Å². The van der Waals surface area contributed by atoms with Crippen molar-refractivity contribution < 1.29 is 14.0 Å². The predicted octanol–water partition coefficient (Wildman–Crippen LogP) is 2.99. The maximum Gasteiger partial charge on any atom is 0.289 e. The van der Waals surface area contributed by atoms with Crippen molar-refractivity contribution in [2.24, 2.45) is 0 Å². The van der Waals surface area contributed by atoms with E-state index in [0.29, 0.717) is 31.8 Å². The molecule has 0 radical (unpaired) electrons. The van der Waals surface area contributed by atoms with Crippen LogP contribution in [0.15, 0.2) is 34.9 Å². The van der Waals surface area contributed by atoms with Crippen LogP contribution < -0.4 is 5.32 Å². The topological polar surface area (TPSA) is 65.8 Å². The SMILES string of the molecule is Cc1cc(C)c(NC(=O)CCN2CCN(C(=O)c3ccco3)CC2)c(C)c1. The van der Waals surface area contributed by atoms with Gasteiger partial charge >= 0.3 is 0 Å². The van der Waals surface area contributed by atoms with Crippen LogP contribution in [0, 0.1) is 20.8 Å². The maximum atomic E-state index is 12.4. The van der Waals surface area contributed by atoms with Gasteiger partial charge in [0.05, 0.1) is 6.26 Å². The van der Waals surface area contributed by atoms with Crippen molar-refractivity contribution in [2.75, 3.05) is 38.0 Å². The summed E-state index contributed by atoms with van der Waals surface area (Å²) >= 11 is 0. The molecule has 0 unspecified atom stereocenters. The first kappa shape index (κ1) is 19.2. The molecule has 2 heterocycles. The van der Waals surface area contributed by atoms with Crippen LogP contribution in [0.1, 0.15) is 33.7 Å². The molecule has 1 saturated heterocycles. The van der Waals surface area contributed by atoms with Crippen LogP contribution in [0.5, 0.6) is 0 Å². The monoisotopic (exact) mass is 369 g/mol. The zero-order valence-electron chi connectivity index (χ0n) is 16.2. The van der Waals surface area contributed by atoms with E-state index in [2.05, 4.69) is 29.3 Å². The summed E-state index contributed by atoms with van der Waals surface area (Å²) in [5.74, 6) is 0.341. The highest BCUT2D eigenvalue weighted by Crippen LogP contribution is 2.22. The fourth-order valence-electron chi connectivity index (χ4n) is 3.57. The number of benzene rings is 1. The second kappa shape index (κ2) is 8.39. The number of nitrogens with one attached hydrogen (secondary N) is 1. The number of anilines is 1. The molecule has 1 aromatic carbocycles. The summed E-state index contributed by atoms with van der Waals surface area (Å²) in [7, 11) is 0. The Labute approximate surface area is 160 Å². The van der Waals surface area contributed by atoms with Crippen LogP contribution in [-0.2, 0) is 4.79 Å². The quantitative estimate of drug-likeness (QED) is 0.880. The van der Waals surface area contributed by atoms with Gasteiger partial charge in [-0.05, 0) is 44.0 Å². The molecule has 1 fully saturated rings. The Morgan fingerprint density at radius 2 is 1.74 bits per heavy atom. The number of hydrogen-bond acceptors (Lipinski definition) is 4. The molecule has 1 aromatic heterocycles. The molecule has 1 aliphatic rings. The van der Waals surface area contributed by atoms with Gasteiger partial charge in [0.15, 0.2) is 5.76 Å². The molecule has 1 N–H and O–H groups in total. The van der Waals surface area contributed by atoms with E-state index in [0.717, 1.165) is 29.9 Å². The molecule has 2 aromatic rings. The lowest BCUT2D eigenvalue weighted by Crippen LogP contribution is -2.49. The molecule has 2 amide bonds. The average molecular weight is 369 g/mol. The summed E-state index contributed by atoms with van der Waals surface area (Å²) in [6, 6.07) is 7.57. The van der Waals surface area contributed by atoms with Gasteiger partial charge in [-0.1, -0.05) is 17.7 Å². The molecule has 144 valence electrons. The summed E-state index contributed by atoms with van der Waals surface area (Å²) in [6.07, 6.45) is 1.96. The number of hydrogen-bond donors (Lipinski definition) is 1. The minimum Gasteiger partial charge on any atom is -0.459 e. The highest BCUT2D eigenvalue weighted by molar-refractivity contribution is 5.92. The summed E-state index contributed by atoms with van der Waals surface area (Å²) in [5, 5.41) is 3.05. The van der Waals surface area contributed by atoms with E-state index < -0.39 is 0 Å². The minimum atomic E-state index is -0.0669. The van der Waals surface area contributed by atoms with Gasteiger partial charge in [0, 0.05) is 44.8 Å². The number of carbonyl (C=O) groups excluding carboxylic acids is 2. The molecule has 1 aliphatic heterocycles. The first-order chi connectivity index (χ1) is 12.9. The Morgan fingerprint density at radius 1 is 1.07 bits per heavy atom. The van der Waals surface area contributed by atoms with Crippen molar-refractivity contribution in [3.63, 3.8) is 0 Å². The maximum absolute atomic E-state index is 12.4. The van der Waals surface area contributed by atoms with E-state index in [4.69, 9.17) is 4.42 Å². The molecule has 0 aliphatic carbocycles. The van der Waals surface area contributed by atoms with Gasteiger partial charge in [0.2, 0.25) is 5.91 Å². The van der Waals surface area contributed by atoms with Gasteiger partial charge in [0.1, 0.15) is 0 Å². The number of carbonyl (C=O) groups is 2. The Kier molecular flexibility index (Phi) is 5.96. The Bertz CT molecular complexity index is 783. The van der Waals surface area contributed by atoms with Crippen LogP contribution in [0.4, 0.5) is 5.69 Å². The van der Waals surface area contributed by atoms with Crippen LogP contribution in [0.25, 0.3) is 0 Å². The minimum absolute atomic E-state index is 0.0270. The normalized spacial score (nSPS) is 15.0. The largest absolute Gasteiger partial charge is 0.459 e. The smallest absolute Gasteiger partial charge is 0.289 e. The van der Waals surface area contributed by atoms with E-state index in [1.807, 2.05) is 13.8 Å². The zero-order valence-corrected chi connectivity index (χ0v) is 16.2. The number of piperazine rings is 1. The lowest BCUT2D eigenvalue weighted by Gasteiger charge is -2.34. The van der Waals surface area contributed by atoms with Crippen LogP contribution in [-0.4, -0.2) is 54.3 Å². The van der Waals surface area contributed by atoms with E-state index in [1.54, 1.807) is 17.0 Å². The number of aryl methyl sites for hydroxylation is 3. The molecule has 0 bridgehead atoms. The molecule has 0 saturated carbocycles. The molecule has 0 atom stereocenters. The Morgan fingerprint density at radius 3 is 2.33 bits per heavy atom. The van der Waals surface area contributed by atoms with Crippen molar-refractivity contribution in [3.05, 3.63) is 53.0 Å². The van der Waals surface area contributed by atoms with Gasteiger partial charge in [-0.25, -0.2) is 0 Å². The van der Waals surface area contributed by atoms with Crippen molar-refractivity contribution in [1.82, 2.24) is 9.80 Å². The standard InChI is InChI=1S/C21H27N3O3/c1-15-13-16(2)20(17(3)14-15)22-19(25)6-7-23-8-10-24(11-9-23)21(26)18-5-4-12-27-18/h4-5,12-14H,6-11H2,1-3H3,(H,22,25). The summed E-state index contributed by atoms with van der Waals surface area (Å²) in [5.41, 5.74) is 4.29. The molecular weight excluding hydrogens is 342 g/mol. The highest BCUT2D eigenvalue weighted by atomic mass is 16.3. The second-order valence-corrected chi connectivity index (χ2v) is 7.18. The predicted molar refractivity (Wildman–Crippen MR) is 105 cm³/mol. The van der Waals surface area contributed by atoms with E-state index in [-0.39, 0.29) is 11.8 Å². The van der Waals surface area contributed by atoms with E-state index in [9.17, 15) is 9.59 Å². The lowest BCUT2D eigenvalue weighted by molar-refractivity contribution is -0.116. The third-order valence-corrected chi connectivity index (χ3v) is 4.99. The van der Waals surface area contributed by atoms with Crippen LogP contribution in [0.3, 0.4) is 0 Å². The van der Waals surface area contributed by atoms with Gasteiger partial charge < -0.3 is 14.6 Å². The number of rotatable bonds is 5. The van der Waals surface area contributed by atoms with Crippen molar-refractivity contribution in [2.45, 2.75) is 27.2 Å². The van der Waals surface area contributed by atoms with Crippen molar-refractivity contribution in [3.8, 4) is 0 Å². The first-order valence-electron chi connectivity index (χ1n) is 9.37. The molecule has 3 rings (SSSR count). The molecule has 6 nitrogen and oxygen atoms in total. The number of furan rings is 1. The number of nitrogens with zero attached hydrogens (tertiary/aromatic N) is 2. The van der Waals surface area contributed by atoms with E-state index >= 15 is 0 Å². The molecule has 6 heteroatoms. The second-order valence-electron chi connectivity index (χ2n) is 7.18. The first-order valence-corrected chi connectivity index (χ1v) is 9.37. The summed E-state index contributed by atoms with van der Waals surface area (Å²) in [4.78, 5) is 28.7. The fraction of sp³-hybridized carbons (Fsp3) is 0.429. The Balaban J connectivity index is 1.45. The molecule has 0 spiro atoms. The zero-order chi connectivity index (χ0) is 19.4. The Hall–Kier alpha value is -2.60. The van der Waals surface area contributed by atoms with E-state index in [1.165, 1.54) is 11.8 Å². The lowest BCUT2D eigenvalue weighted by atomic mass is 10.0. The fourth-order valence-corrected chi connectivity index (χ4v) is 3.57. The summed E-state index contributed by atoms with van der Waals surface area (Å²) in [6.45, 7) is 9.62.